The maximum Gasteiger partial charge on any atom is 0.348 e. The number of ether oxygens (including phenoxy) is 2. The van der Waals surface area contributed by atoms with Crippen molar-refractivity contribution in [3.63, 3.8) is 0 Å². The first-order valence-corrected chi connectivity index (χ1v) is 9.56. The SMILES string of the molecule is CCOC(=O)CCNC(=O)C1=CN2CCN(Cc3cccc(Cl)c3)C(=O)N=C2O1. The Labute approximate surface area is 172 Å². The number of hydrogen-bond donors (Lipinski definition) is 1. The number of rotatable bonds is 7. The quantitative estimate of drug-likeness (QED) is 0.676. The largest absolute Gasteiger partial charge is 0.466 e. The first kappa shape index (κ1) is 20.7. The van der Waals surface area contributed by atoms with Gasteiger partial charge >= 0.3 is 18.0 Å². The van der Waals surface area contributed by atoms with Crippen LogP contribution in [-0.4, -0.2) is 60.0 Å². The Bertz CT molecular complexity index is 870. The number of nitrogens with zero attached hydrogens (tertiary/aromatic N) is 3. The number of fused-ring (bicyclic) bond motifs is 1. The highest BCUT2D eigenvalue weighted by Crippen LogP contribution is 2.19. The van der Waals surface area contributed by atoms with E-state index in [-0.39, 0.29) is 31.4 Å². The van der Waals surface area contributed by atoms with Crippen LogP contribution in [-0.2, 0) is 25.6 Å². The van der Waals surface area contributed by atoms with E-state index in [2.05, 4.69) is 10.3 Å². The van der Waals surface area contributed by atoms with Crippen LogP contribution in [0.3, 0.4) is 0 Å². The second-order valence-corrected chi connectivity index (χ2v) is 6.76. The van der Waals surface area contributed by atoms with Gasteiger partial charge in [0, 0.05) is 31.2 Å². The summed E-state index contributed by atoms with van der Waals surface area (Å²) in [6.45, 7) is 3.32. The van der Waals surface area contributed by atoms with Gasteiger partial charge in [-0.15, -0.1) is 4.99 Å². The number of aliphatic imine (C=N–C) groups is 1. The standard InChI is InChI=1S/C19H21ClN4O5/c1-2-28-16(25)6-7-21-17(26)15-12-24-9-8-23(18(27)22-19(24)29-15)11-13-4-3-5-14(20)10-13/h3-5,10,12H,2,6-9,11H2,1H3,(H,21,26). The lowest BCUT2D eigenvalue weighted by Gasteiger charge is -2.19. The smallest absolute Gasteiger partial charge is 0.348 e. The molecule has 10 heteroatoms. The number of carbonyl (C=O) groups excluding carboxylic acids is 3. The van der Waals surface area contributed by atoms with Crippen molar-refractivity contribution in [1.29, 1.82) is 0 Å². The number of esters is 1. The molecule has 2 aliphatic rings. The highest BCUT2D eigenvalue weighted by molar-refractivity contribution is 6.30. The molecule has 0 aromatic heterocycles. The van der Waals surface area contributed by atoms with E-state index in [1.54, 1.807) is 28.9 Å². The minimum absolute atomic E-state index is 0.0173. The van der Waals surface area contributed by atoms with Gasteiger partial charge in [-0.25, -0.2) is 4.79 Å². The maximum absolute atomic E-state index is 12.5. The monoisotopic (exact) mass is 420 g/mol. The molecule has 0 aliphatic carbocycles. The van der Waals surface area contributed by atoms with Gasteiger partial charge in [-0.2, -0.15) is 0 Å². The van der Waals surface area contributed by atoms with Crippen molar-refractivity contribution in [2.45, 2.75) is 19.9 Å². The highest BCUT2D eigenvalue weighted by atomic mass is 35.5. The van der Waals surface area contributed by atoms with Gasteiger partial charge in [0.25, 0.3) is 5.91 Å². The summed E-state index contributed by atoms with van der Waals surface area (Å²) in [6.07, 6.45) is 1.56. The molecule has 0 bridgehead atoms. The number of halogens is 1. The third kappa shape index (κ3) is 5.47. The van der Waals surface area contributed by atoms with E-state index in [9.17, 15) is 14.4 Å². The molecule has 1 aromatic rings. The van der Waals surface area contributed by atoms with Crippen molar-refractivity contribution < 1.29 is 23.9 Å². The van der Waals surface area contributed by atoms with Crippen molar-refractivity contribution in [3.8, 4) is 0 Å². The fourth-order valence-electron chi connectivity index (χ4n) is 2.81. The number of hydrogen-bond acceptors (Lipinski definition) is 6. The van der Waals surface area contributed by atoms with Crippen molar-refractivity contribution >= 4 is 35.5 Å². The molecule has 3 amide bonds. The van der Waals surface area contributed by atoms with Crippen molar-refractivity contribution in [1.82, 2.24) is 15.1 Å². The van der Waals surface area contributed by atoms with E-state index in [1.165, 1.54) is 6.20 Å². The van der Waals surface area contributed by atoms with Gasteiger partial charge < -0.3 is 19.7 Å². The summed E-state index contributed by atoms with van der Waals surface area (Å²) in [5.74, 6) is -0.866. The molecule has 1 N–H and O–H groups in total. The first-order valence-electron chi connectivity index (χ1n) is 9.18. The molecule has 0 atom stereocenters. The zero-order valence-electron chi connectivity index (χ0n) is 15.9. The zero-order chi connectivity index (χ0) is 20.8. The highest BCUT2D eigenvalue weighted by Gasteiger charge is 2.31. The summed E-state index contributed by atoms with van der Waals surface area (Å²) in [5.41, 5.74) is 0.895. The van der Waals surface area contributed by atoms with Gasteiger partial charge in [-0.1, -0.05) is 23.7 Å². The molecule has 29 heavy (non-hydrogen) atoms. The van der Waals surface area contributed by atoms with Crippen LogP contribution in [0.15, 0.2) is 41.2 Å². The molecule has 3 rings (SSSR count). The molecule has 2 heterocycles. The van der Waals surface area contributed by atoms with E-state index in [4.69, 9.17) is 21.1 Å². The molecule has 0 saturated heterocycles. The van der Waals surface area contributed by atoms with Gasteiger partial charge in [0.2, 0.25) is 5.76 Å². The third-order valence-electron chi connectivity index (χ3n) is 4.20. The number of amides is 3. The second kappa shape index (κ2) is 9.42. The topological polar surface area (TPSA) is 101 Å². The minimum atomic E-state index is -0.492. The molecule has 0 fully saturated rings. The Morgan fingerprint density at radius 1 is 1.34 bits per heavy atom. The Kier molecular flexibility index (Phi) is 6.71. The average Bonchev–Trinajstić information content (AvgIpc) is 3.02. The Balaban J connectivity index is 1.55. The van der Waals surface area contributed by atoms with Gasteiger partial charge in [0.15, 0.2) is 0 Å². The molecular weight excluding hydrogens is 400 g/mol. The second-order valence-electron chi connectivity index (χ2n) is 6.33. The lowest BCUT2D eigenvalue weighted by molar-refractivity contribution is -0.143. The summed E-state index contributed by atoms with van der Waals surface area (Å²) in [5, 5.41) is 3.17. The number of benzene rings is 1. The van der Waals surface area contributed by atoms with Crippen molar-refractivity contribution in [2.24, 2.45) is 4.99 Å². The van der Waals surface area contributed by atoms with Gasteiger partial charge in [-0.3, -0.25) is 14.5 Å². The summed E-state index contributed by atoms with van der Waals surface area (Å²) >= 11 is 5.99. The van der Waals surface area contributed by atoms with Crippen LogP contribution in [0.2, 0.25) is 5.02 Å². The van der Waals surface area contributed by atoms with Crippen LogP contribution in [0.4, 0.5) is 4.79 Å². The van der Waals surface area contributed by atoms with E-state index in [0.717, 1.165) is 5.56 Å². The predicted octanol–water partition coefficient (Wildman–Crippen LogP) is 1.87. The molecule has 0 radical (unpaired) electrons. The summed E-state index contributed by atoms with van der Waals surface area (Å²) in [7, 11) is 0. The molecule has 0 spiro atoms. The molecule has 1 aromatic carbocycles. The number of nitrogens with one attached hydrogen (secondary N) is 1. The lowest BCUT2D eigenvalue weighted by Crippen LogP contribution is -2.32. The molecule has 0 unspecified atom stereocenters. The van der Waals surface area contributed by atoms with Crippen LogP contribution in [0.5, 0.6) is 0 Å². The van der Waals surface area contributed by atoms with Gasteiger partial charge in [0.05, 0.1) is 19.2 Å². The predicted molar refractivity (Wildman–Crippen MR) is 105 cm³/mol. The summed E-state index contributed by atoms with van der Waals surface area (Å²) in [6, 6.07) is 6.86. The molecular formula is C19H21ClN4O5. The van der Waals surface area contributed by atoms with E-state index >= 15 is 0 Å². The van der Waals surface area contributed by atoms with Crippen molar-refractivity contribution in [2.75, 3.05) is 26.2 Å². The maximum atomic E-state index is 12.5. The summed E-state index contributed by atoms with van der Waals surface area (Å²) < 4.78 is 10.2. The normalized spacial score (nSPS) is 15.7. The Hall–Kier alpha value is -3.07. The first-order chi connectivity index (χ1) is 14.0. The van der Waals surface area contributed by atoms with Crippen LogP contribution in [0.25, 0.3) is 0 Å². The van der Waals surface area contributed by atoms with Crippen molar-refractivity contribution in [3.05, 3.63) is 46.8 Å². The van der Waals surface area contributed by atoms with Gasteiger partial charge in [0.1, 0.15) is 0 Å². The molecule has 0 saturated carbocycles. The number of amidine groups is 1. The lowest BCUT2D eigenvalue weighted by atomic mass is 10.2. The molecule has 2 aliphatic heterocycles. The minimum Gasteiger partial charge on any atom is -0.466 e. The fraction of sp³-hybridized carbons (Fsp3) is 0.368. The Morgan fingerprint density at radius 2 is 2.17 bits per heavy atom. The average molecular weight is 421 g/mol. The van der Waals surface area contributed by atoms with Crippen LogP contribution in [0, 0.1) is 0 Å². The molecule has 154 valence electrons. The van der Waals surface area contributed by atoms with Crippen LogP contribution < -0.4 is 5.32 Å². The third-order valence-corrected chi connectivity index (χ3v) is 4.43. The van der Waals surface area contributed by atoms with E-state index in [0.29, 0.717) is 24.7 Å². The number of carbonyl (C=O) groups is 3. The number of urea groups is 1. The zero-order valence-corrected chi connectivity index (χ0v) is 16.6. The van der Waals surface area contributed by atoms with E-state index in [1.807, 2.05) is 12.1 Å². The molecule has 9 nitrogen and oxygen atoms in total. The van der Waals surface area contributed by atoms with Crippen LogP contribution >= 0.6 is 11.6 Å². The summed E-state index contributed by atoms with van der Waals surface area (Å²) in [4.78, 5) is 43.1. The van der Waals surface area contributed by atoms with E-state index < -0.39 is 17.9 Å². The van der Waals surface area contributed by atoms with Crippen LogP contribution in [0.1, 0.15) is 18.9 Å². The Morgan fingerprint density at radius 3 is 2.93 bits per heavy atom. The fourth-order valence-corrected chi connectivity index (χ4v) is 3.02. The van der Waals surface area contributed by atoms with Gasteiger partial charge in [-0.05, 0) is 24.6 Å².